The van der Waals surface area contributed by atoms with Crippen molar-refractivity contribution in [2.24, 2.45) is 0 Å². The predicted molar refractivity (Wildman–Crippen MR) is 57.5 cm³/mol. The molecule has 2 N–H and O–H groups in total. The van der Waals surface area contributed by atoms with Gasteiger partial charge in [0, 0.05) is 32.4 Å². The van der Waals surface area contributed by atoms with Crippen molar-refractivity contribution in [2.75, 3.05) is 30.2 Å². The van der Waals surface area contributed by atoms with Gasteiger partial charge in [-0.1, -0.05) is 0 Å². The zero-order valence-electron chi connectivity index (χ0n) is 8.29. The van der Waals surface area contributed by atoms with Crippen LogP contribution < -0.4 is 10.0 Å². The van der Waals surface area contributed by atoms with Crippen LogP contribution in [-0.4, -0.2) is 37.8 Å². The van der Waals surface area contributed by atoms with Gasteiger partial charge < -0.3 is 5.73 Å². The van der Waals surface area contributed by atoms with E-state index in [9.17, 15) is 8.42 Å². The molecule has 0 aliphatic carbocycles. The van der Waals surface area contributed by atoms with Crippen molar-refractivity contribution in [1.29, 1.82) is 0 Å². The highest BCUT2D eigenvalue weighted by atomic mass is 32.2. The lowest BCUT2D eigenvalue weighted by Crippen LogP contribution is -2.30. The second-order valence-corrected chi connectivity index (χ2v) is 5.30. The molecule has 0 aromatic carbocycles. The van der Waals surface area contributed by atoms with Gasteiger partial charge in [-0.15, -0.1) is 0 Å². The maximum absolute atomic E-state index is 11.8. The summed E-state index contributed by atoms with van der Waals surface area (Å²) in [7, 11) is -1.80. The molecule has 1 aromatic rings. The van der Waals surface area contributed by atoms with Crippen LogP contribution >= 0.6 is 0 Å². The van der Waals surface area contributed by atoms with Crippen LogP contribution in [0, 0.1) is 0 Å². The lowest BCUT2D eigenvalue weighted by molar-refractivity contribution is 0.511. The Kier molecular flexibility index (Phi) is 2.28. The number of nitrogens with zero attached hydrogens (tertiary/aromatic N) is 3. The molecule has 0 saturated carbocycles. The fourth-order valence-electron chi connectivity index (χ4n) is 1.48. The zero-order valence-corrected chi connectivity index (χ0v) is 9.11. The lowest BCUT2D eigenvalue weighted by atomic mass is 10.4. The minimum absolute atomic E-state index is 0.317. The van der Waals surface area contributed by atoms with E-state index in [4.69, 9.17) is 5.73 Å². The Labute approximate surface area is 88.5 Å². The van der Waals surface area contributed by atoms with Gasteiger partial charge in [0.2, 0.25) is 0 Å². The van der Waals surface area contributed by atoms with E-state index in [2.05, 4.69) is 4.98 Å². The van der Waals surface area contributed by atoms with Crippen LogP contribution in [0.5, 0.6) is 0 Å². The summed E-state index contributed by atoms with van der Waals surface area (Å²) in [5.74, 6) is 0.317. The third-order valence-electron chi connectivity index (χ3n) is 2.34. The average Bonchev–Trinajstić information content (AvgIpc) is 2.42. The number of hydrogen-bond donors (Lipinski definition) is 1. The molecule has 1 fully saturated rings. The Morgan fingerprint density at radius 3 is 2.73 bits per heavy atom. The quantitative estimate of drug-likeness (QED) is 0.713. The monoisotopic (exact) mass is 228 g/mol. The molecule has 0 amide bonds. The number of hydrogen-bond acceptors (Lipinski definition) is 4. The molecule has 0 radical (unpaired) electrons. The molecule has 1 saturated heterocycles. The van der Waals surface area contributed by atoms with E-state index in [0.717, 1.165) is 0 Å². The van der Waals surface area contributed by atoms with Gasteiger partial charge in [-0.2, -0.15) is 12.7 Å². The second kappa shape index (κ2) is 3.35. The number of anilines is 2. The van der Waals surface area contributed by atoms with Crippen molar-refractivity contribution in [2.45, 2.75) is 0 Å². The van der Waals surface area contributed by atoms with Crippen LogP contribution in [0.2, 0.25) is 0 Å². The van der Waals surface area contributed by atoms with Crippen molar-refractivity contribution < 1.29 is 8.42 Å². The Hall–Kier alpha value is -1.34. The van der Waals surface area contributed by atoms with Gasteiger partial charge in [0.15, 0.2) is 0 Å². The van der Waals surface area contributed by atoms with Crippen LogP contribution in [0.4, 0.5) is 11.5 Å². The van der Waals surface area contributed by atoms with Crippen molar-refractivity contribution >= 4 is 21.7 Å². The van der Waals surface area contributed by atoms with E-state index in [1.54, 1.807) is 19.2 Å². The van der Waals surface area contributed by atoms with Gasteiger partial charge in [0.05, 0.1) is 5.69 Å². The number of rotatable bonds is 1. The lowest BCUT2D eigenvalue weighted by Gasteiger charge is -2.17. The van der Waals surface area contributed by atoms with Gasteiger partial charge >= 0.3 is 10.2 Å². The zero-order chi connectivity index (χ0) is 11.1. The maximum atomic E-state index is 11.8. The van der Waals surface area contributed by atoms with E-state index in [0.29, 0.717) is 24.6 Å². The maximum Gasteiger partial charge on any atom is 0.303 e. The Bertz CT molecular complexity index is 473. The first-order chi connectivity index (χ1) is 7.01. The number of nitrogen functional groups attached to an aromatic ring is 1. The summed E-state index contributed by atoms with van der Waals surface area (Å²) in [5, 5.41) is 0. The molecule has 1 aromatic heterocycles. The highest BCUT2D eigenvalue weighted by molar-refractivity contribution is 7.90. The topological polar surface area (TPSA) is 79.5 Å². The van der Waals surface area contributed by atoms with Gasteiger partial charge in [0.25, 0.3) is 0 Å². The molecular weight excluding hydrogens is 216 g/mol. The fraction of sp³-hybridized carbons (Fsp3) is 0.375. The van der Waals surface area contributed by atoms with Crippen LogP contribution in [0.1, 0.15) is 0 Å². The van der Waals surface area contributed by atoms with E-state index in [-0.39, 0.29) is 0 Å². The molecule has 15 heavy (non-hydrogen) atoms. The summed E-state index contributed by atoms with van der Waals surface area (Å²) in [6.07, 6.45) is 1.50. The van der Waals surface area contributed by atoms with E-state index in [1.807, 2.05) is 0 Å². The van der Waals surface area contributed by atoms with Gasteiger partial charge in [-0.05, 0) is 6.07 Å². The second-order valence-electron chi connectivity index (χ2n) is 3.34. The van der Waals surface area contributed by atoms with Gasteiger partial charge in [0.1, 0.15) is 5.82 Å². The largest absolute Gasteiger partial charge is 0.384 e. The Morgan fingerprint density at radius 1 is 1.47 bits per heavy atom. The minimum Gasteiger partial charge on any atom is -0.384 e. The molecule has 0 bridgehead atoms. The van der Waals surface area contributed by atoms with Crippen molar-refractivity contribution in [1.82, 2.24) is 9.29 Å². The summed E-state index contributed by atoms with van der Waals surface area (Å²) in [6.45, 7) is 0.937. The molecule has 7 heteroatoms. The molecule has 6 nitrogen and oxygen atoms in total. The molecule has 2 heterocycles. The van der Waals surface area contributed by atoms with E-state index >= 15 is 0 Å². The number of likely N-dealkylation sites (N-methyl/N-ethyl adjacent to an activating group) is 1. The summed E-state index contributed by atoms with van der Waals surface area (Å²) < 4.78 is 26.2. The van der Waals surface area contributed by atoms with Gasteiger partial charge in [-0.25, -0.2) is 4.98 Å². The van der Waals surface area contributed by atoms with Crippen molar-refractivity contribution in [3.63, 3.8) is 0 Å². The summed E-state index contributed by atoms with van der Waals surface area (Å²) >= 11 is 0. The molecule has 0 unspecified atom stereocenters. The van der Waals surface area contributed by atoms with Crippen molar-refractivity contribution in [3.8, 4) is 0 Å². The first kappa shape index (κ1) is 10.2. The van der Waals surface area contributed by atoms with E-state index in [1.165, 1.54) is 14.8 Å². The SMILES string of the molecule is CN1CCN(c2ccnc(N)c2)S1(=O)=O. The fourth-order valence-corrected chi connectivity index (χ4v) is 2.83. The normalized spacial score (nSPS) is 20.7. The Morgan fingerprint density at radius 2 is 2.20 bits per heavy atom. The molecule has 82 valence electrons. The third-order valence-corrected chi connectivity index (χ3v) is 4.26. The minimum atomic E-state index is -3.35. The molecule has 0 atom stereocenters. The van der Waals surface area contributed by atoms with Crippen LogP contribution in [-0.2, 0) is 10.2 Å². The molecule has 2 rings (SSSR count). The molecule has 0 spiro atoms. The molecule has 1 aliphatic heterocycles. The summed E-state index contributed by atoms with van der Waals surface area (Å²) in [6, 6.07) is 3.18. The standard InChI is InChI=1S/C8H12N4O2S/c1-11-4-5-12(15(11,13)14)7-2-3-10-8(9)6-7/h2-3,6H,4-5H2,1H3,(H2,9,10). The van der Waals surface area contributed by atoms with Gasteiger partial charge in [-0.3, -0.25) is 4.31 Å². The number of nitrogens with two attached hydrogens (primary N) is 1. The first-order valence-electron chi connectivity index (χ1n) is 4.47. The number of pyridine rings is 1. The Balaban J connectivity index is 2.41. The molecule has 1 aliphatic rings. The highest BCUT2D eigenvalue weighted by Gasteiger charge is 2.33. The highest BCUT2D eigenvalue weighted by Crippen LogP contribution is 2.24. The van der Waals surface area contributed by atoms with Crippen molar-refractivity contribution in [3.05, 3.63) is 18.3 Å². The van der Waals surface area contributed by atoms with E-state index < -0.39 is 10.2 Å². The number of aromatic nitrogens is 1. The van der Waals surface area contributed by atoms with Crippen LogP contribution in [0.3, 0.4) is 0 Å². The molecular formula is C8H12N4O2S. The summed E-state index contributed by atoms with van der Waals surface area (Å²) in [5.41, 5.74) is 6.07. The first-order valence-corrected chi connectivity index (χ1v) is 5.87. The average molecular weight is 228 g/mol. The van der Waals surface area contributed by atoms with Crippen LogP contribution in [0.25, 0.3) is 0 Å². The third kappa shape index (κ3) is 1.64. The van der Waals surface area contributed by atoms with Crippen LogP contribution in [0.15, 0.2) is 18.3 Å². The smallest absolute Gasteiger partial charge is 0.303 e. The summed E-state index contributed by atoms with van der Waals surface area (Å²) in [4.78, 5) is 3.82. The predicted octanol–water partition coefficient (Wildman–Crippen LogP) is -0.340.